The van der Waals surface area contributed by atoms with Gasteiger partial charge in [-0.15, -0.1) is 5.10 Å². The van der Waals surface area contributed by atoms with Crippen LogP contribution in [-0.2, 0) is 7.05 Å². The first-order valence-electron chi connectivity index (χ1n) is 6.12. The Morgan fingerprint density at radius 1 is 1.39 bits per heavy atom. The molecule has 1 atom stereocenters. The molecule has 98 valence electrons. The van der Waals surface area contributed by atoms with Crippen molar-refractivity contribution >= 4 is 0 Å². The van der Waals surface area contributed by atoms with Gasteiger partial charge in [-0.05, 0) is 12.3 Å². The molecule has 2 heterocycles. The smallest absolute Gasteiger partial charge is 0.161 e. The van der Waals surface area contributed by atoms with Gasteiger partial charge in [0.2, 0.25) is 0 Å². The van der Waals surface area contributed by atoms with E-state index in [9.17, 15) is 5.11 Å². The maximum absolute atomic E-state index is 9.41. The van der Waals surface area contributed by atoms with Gasteiger partial charge in [-0.25, -0.2) is 9.67 Å². The molecule has 6 heteroatoms. The molecular weight excluding hydrogens is 230 g/mol. The molecule has 0 fully saturated rings. The summed E-state index contributed by atoms with van der Waals surface area (Å²) in [6, 6.07) is -0.0217. The molecule has 0 saturated carbocycles. The van der Waals surface area contributed by atoms with E-state index < -0.39 is 0 Å². The van der Waals surface area contributed by atoms with E-state index in [1.807, 2.05) is 24.0 Å². The molecule has 18 heavy (non-hydrogen) atoms. The highest BCUT2D eigenvalue weighted by Crippen LogP contribution is 2.19. The molecule has 0 spiro atoms. The van der Waals surface area contributed by atoms with E-state index >= 15 is 0 Å². The maximum atomic E-state index is 9.41. The van der Waals surface area contributed by atoms with Crippen LogP contribution in [-0.4, -0.2) is 36.3 Å². The van der Waals surface area contributed by atoms with Crippen LogP contribution in [0.2, 0.25) is 0 Å². The van der Waals surface area contributed by atoms with E-state index in [1.165, 1.54) is 0 Å². The molecular formula is C12H19N5O. The van der Waals surface area contributed by atoms with E-state index in [1.54, 1.807) is 10.9 Å². The zero-order valence-corrected chi connectivity index (χ0v) is 11.0. The quantitative estimate of drug-likeness (QED) is 0.866. The predicted octanol–water partition coefficient (Wildman–Crippen LogP) is 1.26. The minimum absolute atomic E-state index is 0.0217. The molecule has 2 aromatic heterocycles. The van der Waals surface area contributed by atoms with Crippen molar-refractivity contribution in [2.24, 2.45) is 13.0 Å². The number of hydrogen-bond donors (Lipinski definition) is 1. The molecule has 0 aliphatic heterocycles. The maximum Gasteiger partial charge on any atom is 0.161 e. The zero-order valence-electron chi connectivity index (χ0n) is 11.0. The Labute approximate surface area is 106 Å². The third-order valence-corrected chi connectivity index (χ3v) is 2.89. The molecule has 0 unspecified atom stereocenters. The highest BCUT2D eigenvalue weighted by Gasteiger charge is 2.16. The highest BCUT2D eigenvalue weighted by molar-refractivity contribution is 5.47. The second-order valence-electron chi connectivity index (χ2n) is 4.91. The number of hydrogen-bond acceptors (Lipinski definition) is 4. The van der Waals surface area contributed by atoms with Crippen LogP contribution >= 0.6 is 0 Å². The minimum atomic E-state index is -0.0217. The first-order chi connectivity index (χ1) is 8.61. The van der Waals surface area contributed by atoms with Gasteiger partial charge in [-0.3, -0.25) is 0 Å². The van der Waals surface area contributed by atoms with E-state index in [2.05, 4.69) is 29.1 Å². The highest BCUT2D eigenvalue weighted by atomic mass is 16.3. The molecule has 0 aliphatic rings. The first-order valence-corrected chi connectivity index (χ1v) is 6.12. The summed E-state index contributed by atoms with van der Waals surface area (Å²) in [5.41, 5.74) is 0.727. The number of aliphatic hydroxyl groups is 1. The van der Waals surface area contributed by atoms with Crippen LogP contribution in [0.1, 0.15) is 26.3 Å². The van der Waals surface area contributed by atoms with Crippen molar-refractivity contribution in [1.29, 1.82) is 0 Å². The normalized spacial score (nSPS) is 13.2. The lowest BCUT2D eigenvalue weighted by Gasteiger charge is -2.15. The Hall–Kier alpha value is -1.69. The van der Waals surface area contributed by atoms with E-state index in [0.717, 1.165) is 17.9 Å². The fourth-order valence-corrected chi connectivity index (χ4v) is 1.98. The minimum Gasteiger partial charge on any atom is -0.394 e. The molecule has 2 aromatic rings. The summed E-state index contributed by atoms with van der Waals surface area (Å²) in [7, 11) is 1.92. The SMILES string of the molecule is CC(C)C[C@@H](CO)n1cc(-c2nccn2C)nn1. The van der Waals surface area contributed by atoms with Gasteiger partial charge in [0, 0.05) is 19.4 Å². The van der Waals surface area contributed by atoms with Crippen molar-refractivity contribution in [3.63, 3.8) is 0 Å². The number of aryl methyl sites for hydroxylation is 1. The second-order valence-corrected chi connectivity index (χ2v) is 4.91. The summed E-state index contributed by atoms with van der Waals surface area (Å²) in [5.74, 6) is 1.28. The Balaban J connectivity index is 2.22. The molecule has 0 aliphatic carbocycles. The van der Waals surface area contributed by atoms with Gasteiger partial charge in [0.1, 0.15) is 5.69 Å². The summed E-state index contributed by atoms with van der Waals surface area (Å²) >= 11 is 0. The lowest BCUT2D eigenvalue weighted by atomic mass is 10.0. The lowest BCUT2D eigenvalue weighted by molar-refractivity contribution is 0.196. The second kappa shape index (κ2) is 5.30. The summed E-state index contributed by atoms with van der Waals surface area (Å²) in [4.78, 5) is 4.23. The van der Waals surface area contributed by atoms with Crippen molar-refractivity contribution in [2.75, 3.05) is 6.61 Å². The van der Waals surface area contributed by atoms with Crippen LogP contribution in [0.4, 0.5) is 0 Å². The predicted molar refractivity (Wildman–Crippen MR) is 67.8 cm³/mol. The van der Waals surface area contributed by atoms with Gasteiger partial charge in [-0.2, -0.15) is 0 Å². The topological polar surface area (TPSA) is 68.8 Å². The largest absolute Gasteiger partial charge is 0.394 e. The Bertz CT molecular complexity index is 502. The van der Waals surface area contributed by atoms with Gasteiger partial charge >= 0.3 is 0 Å². The van der Waals surface area contributed by atoms with Gasteiger partial charge in [0.15, 0.2) is 5.82 Å². The summed E-state index contributed by atoms with van der Waals surface area (Å²) in [6.07, 6.45) is 6.31. The summed E-state index contributed by atoms with van der Waals surface area (Å²) in [5, 5.41) is 17.6. The standard InChI is InChI=1S/C12H19N5O/c1-9(2)6-10(8-18)17-7-11(14-15-17)12-13-4-5-16(12)3/h4-5,7,9-10,18H,6,8H2,1-3H3/t10-/m0/s1. The Morgan fingerprint density at radius 2 is 2.17 bits per heavy atom. The molecule has 1 N–H and O–H groups in total. The molecule has 6 nitrogen and oxygen atoms in total. The molecule has 0 amide bonds. The van der Waals surface area contributed by atoms with Crippen LogP contribution in [0.15, 0.2) is 18.6 Å². The van der Waals surface area contributed by atoms with Crippen LogP contribution in [0.5, 0.6) is 0 Å². The van der Waals surface area contributed by atoms with Gasteiger partial charge in [-0.1, -0.05) is 19.1 Å². The average Bonchev–Trinajstić information content (AvgIpc) is 2.93. The van der Waals surface area contributed by atoms with Crippen LogP contribution < -0.4 is 0 Å². The third-order valence-electron chi connectivity index (χ3n) is 2.89. The van der Waals surface area contributed by atoms with Crippen molar-refractivity contribution in [3.05, 3.63) is 18.6 Å². The van der Waals surface area contributed by atoms with Crippen molar-refractivity contribution < 1.29 is 5.11 Å². The van der Waals surface area contributed by atoms with E-state index in [-0.39, 0.29) is 12.6 Å². The first kappa shape index (κ1) is 12.8. The Kier molecular flexibility index (Phi) is 3.76. The lowest BCUT2D eigenvalue weighted by Crippen LogP contribution is -2.16. The molecule has 0 radical (unpaired) electrons. The number of nitrogens with zero attached hydrogens (tertiary/aromatic N) is 5. The number of imidazole rings is 1. The average molecular weight is 249 g/mol. The van der Waals surface area contributed by atoms with Crippen LogP contribution in [0.3, 0.4) is 0 Å². The monoisotopic (exact) mass is 249 g/mol. The van der Waals surface area contributed by atoms with Crippen molar-refractivity contribution in [2.45, 2.75) is 26.3 Å². The van der Waals surface area contributed by atoms with E-state index in [0.29, 0.717) is 5.92 Å². The fraction of sp³-hybridized carbons (Fsp3) is 0.583. The van der Waals surface area contributed by atoms with Gasteiger partial charge < -0.3 is 9.67 Å². The zero-order chi connectivity index (χ0) is 13.1. The van der Waals surface area contributed by atoms with Gasteiger partial charge in [0.25, 0.3) is 0 Å². The van der Waals surface area contributed by atoms with E-state index in [4.69, 9.17) is 0 Å². The fourth-order valence-electron chi connectivity index (χ4n) is 1.98. The Morgan fingerprint density at radius 3 is 2.72 bits per heavy atom. The van der Waals surface area contributed by atoms with Gasteiger partial charge in [0.05, 0.1) is 18.8 Å². The third kappa shape index (κ3) is 2.59. The molecule has 2 rings (SSSR count). The summed E-state index contributed by atoms with van der Waals surface area (Å²) < 4.78 is 3.62. The molecule has 0 bridgehead atoms. The summed E-state index contributed by atoms with van der Waals surface area (Å²) in [6.45, 7) is 4.32. The number of aliphatic hydroxyl groups excluding tert-OH is 1. The van der Waals surface area contributed by atoms with Crippen LogP contribution in [0.25, 0.3) is 11.5 Å². The van der Waals surface area contributed by atoms with Crippen LogP contribution in [0, 0.1) is 5.92 Å². The van der Waals surface area contributed by atoms with Crippen molar-refractivity contribution in [3.8, 4) is 11.5 Å². The number of rotatable bonds is 5. The van der Waals surface area contributed by atoms with Crippen molar-refractivity contribution in [1.82, 2.24) is 24.5 Å². The number of aromatic nitrogens is 5. The molecule has 0 aromatic carbocycles. The molecule has 0 saturated heterocycles.